The third-order valence-electron chi connectivity index (χ3n) is 3.18. The molecule has 0 saturated heterocycles. The number of methoxy groups -OCH3 is 1. The molecule has 0 unspecified atom stereocenters. The van der Waals surface area contributed by atoms with E-state index in [0.29, 0.717) is 6.54 Å². The van der Waals surface area contributed by atoms with Gasteiger partial charge in [-0.2, -0.15) is 5.26 Å². The first-order chi connectivity index (χ1) is 10.2. The highest BCUT2D eigenvalue weighted by atomic mass is 16.5. The zero-order valence-corrected chi connectivity index (χ0v) is 13.4. The summed E-state index contributed by atoms with van der Waals surface area (Å²) in [7, 11) is 4.02. The van der Waals surface area contributed by atoms with E-state index in [4.69, 9.17) is 0 Å². The van der Waals surface area contributed by atoms with Gasteiger partial charge < -0.3 is 9.64 Å². The van der Waals surface area contributed by atoms with Gasteiger partial charge in [0.15, 0.2) is 5.56 Å². The second-order valence-electron chi connectivity index (χ2n) is 5.37. The molecule has 8 heteroatoms. The number of hydrogen-bond donors (Lipinski definition) is 0. The quantitative estimate of drug-likeness (QED) is 0.686. The molecule has 0 aliphatic carbocycles. The third-order valence-corrected chi connectivity index (χ3v) is 3.18. The number of carbonyl (C=O) groups excluding carboxylic acids is 1. The minimum absolute atomic E-state index is 0.134. The van der Waals surface area contributed by atoms with E-state index < -0.39 is 17.2 Å². The van der Waals surface area contributed by atoms with Gasteiger partial charge in [-0.1, -0.05) is 13.8 Å². The van der Waals surface area contributed by atoms with Crippen LogP contribution in [0.3, 0.4) is 0 Å². The largest absolute Gasteiger partial charge is 0.468 e. The standard InChI is InChI=1S/C14H20N4O4/c1-9(2)7-18(8-11(19)22-5)12-10(6-15)13(20)17(4)14(21)16(12)3/h9H,7-8H2,1-5H3. The Morgan fingerprint density at radius 3 is 2.36 bits per heavy atom. The van der Waals surface area contributed by atoms with Crippen molar-refractivity contribution in [3.05, 3.63) is 26.4 Å². The zero-order chi connectivity index (χ0) is 17.0. The predicted molar refractivity (Wildman–Crippen MR) is 80.7 cm³/mol. The van der Waals surface area contributed by atoms with E-state index in [0.717, 1.165) is 4.57 Å². The summed E-state index contributed by atoms with van der Waals surface area (Å²) in [5.74, 6) is -0.234. The topological polar surface area (TPSA) is 97.3 Å². The summed E-state index contributed by atoms with van der Waals surface area (Å²) < 4.78 is 6.72. The van der Waals surface area contributed by atoms with Gasteiger partial charge in [0, 0.05) is 20.6 Å². The van der Waals surface area contributed by atoms with E-state index in [2.05, 4.69) is 4.74 Å². The molecule has 1 heterocycles. The first-order valence-electron chi connectivity index (χ1n) is 6.76. The summed E-state index contributed by atoms with van der Waals surface area (Å²) in [5.41, 5.74) is -1.41. The van der Waals surface area contributed by atoms with Gasteiger partial charge in [-0.3, -0.25) is 18.7 Å². The summed E-state index contributed by atoms with van der Waals surface area (Å²) in [6, 6.07) is 1.83. The maximum atomic E-state index is 12.1. The lowest BCUT2D eigenvalue weighted by Gasteiger charge is -2.27. The highest BCUT2D eigenvalue weighted by molar-refractivity contribution is 5.76. The maximum absolute atomic E-state index is 12.1. The molecule has 0 radical (unpaired) electrons. The molecule has 0 aromatic carbocycles. The van der Waals surface area contributed by atoms with Crippen molar-refractivity contribution >= 4 is 11.8 Å². The molecule has 1 rings (SSSR count). The first kappa shape index (κ1) is 17.5. The number of nitriles is 1. The Morgan fingerprint density at radius 2 is 1.91 bits per heavy atom. The van der Waals surface area contributed by atoms with Crippen LogP contribution in [0.2, 0.25) is 0 Å². The Labute approximate surface area is 128 Å². The monoisotopic (exact) mass is 308 g/mol. The van der Waals surface area contributed by atoms with Gasteiger partial charge in [-0.15, -0.1) is 0 Å². The van der Waals surface area contributed by atoms with Crippen LogP contribution in [0.25, 0.3) is 0 Å². The summed E-state index contributed by atoms with van der Waals surface area (Å²) in [4.78, 5) is 37.4. The van der Waals surface area contributed by atoms with E-state index >= 15 is 0 Å². The Bertz CT molecular complexity index is 724. The van der Waals surface area contributed by atoms with Crippen molar-refractivity contribution in [3.8, 4) is 6.07 Å². The highest BCUT2D eigenvalue weighted by Crippen LogP contribution is 2.16. The van der Waals surface area contributed by atoms with E-state index in [1.54, 1.807) is 0 Å². The minimum Gasteiger partial charge on any atom is -0.468 e. The molecule has 0 amide bonds. The van der Waals surface area contributed by atoms with Gasteiger partial charge in [0.2, 0.25) is 0 Å². The van der Waals surface area contributed by atoms with Gasteiger partial charge in [0.05, 0.1) is 7.11 Å². The van der Waals surface area contributed by atoms with Crippen molar-refractivity contribution in [1.29, 1.82) is 5.26 Å². The summed E-state index contributed by atoms with van der Waals surface area (Å²) in [5, 5.41) is 9.29. The molecule has 0 N–H and O–H groups in total. The molecule has 8 nitrogen and oxygen atoms in total. The van der Waals surface area contributed by atoms with Crippen molar-refractivity contribution in [2.45, 2.75) is 13.8 Å². The van der Waals surface area contributed by atoms with Crippen LogP contribution in [0, 0.1) is 17.2 Å². The average molecular weight is 308 g/mol. The van der Waals surface area contributed by atoms with Crippen LogP contribution in [0.4, 0.5) is 5.82 Å². The molecule has 0 spiro atoms. The normalized spacial score (nSPS) is 10.4. The summed E-state index contributed by atoms with van der Waals surface area (Å²) in [6.07, 6.45) is 0. The van der Waals surface area contributed by atoms with Crippen LogP contribution in [0.15, 0.2) is 9.59 Å². The SMILES string of the molecule is COC(=O)CN(CC(C)C)c1c(C#N)c(=O)n(C)c(=O)n1C. The second-order valence-corrected chi connectivity index (χ2v) is 5.37. The van der Waals surface area contributed by atoms with Crippen LogP contribution in [-0.4, -0.2) is 35.3 Å². The molecule has 120 valence electrons. The Balaban J connectivity index is 3.60. The molecule has 0 aliphatic rings. The number of rotatable bonds is 5. The molecular weight excluding hydrogens is 288 g/mol. The van der Waals surface area contributed by atoms with Gasteiger partial charge in [0.25, 0.3) is 5.56 Å². The summed E-state index contributed by atoms with van der Waals surface area (Å²) >= 11 is 0. The van der Waals surface area contributed by atoms with Crippen LogP contribution < -0.4 is 16.1 Å². The molecule has 22 heavy (non-hydrogen) atoms. The van der Waals surface area contributed by atoms with Crippen molar-refractivity contribution in [2.24, 2.45) is 20.0 Å². The van der Waals surface area contributed by atoms with Crippen molar-refractivity contribution in [2.75, 3.05) is 25.1 Å². The lowest BCUT2D eigenvalue weighted by molar-refractivity contribution is -0.139. The fraction of sp³-hybridized carbons (Fsp3) is 0.571. The number of ether oxygens (including phenoxy) is 1. The Hall–Kier alpha value is -2.56. The van der Waals surface area contributed by atoms with Crippen molar-refractivity contribution in [3.63, 3.8) is 0 Å². The van der Waals surface area contributed by atoms with Crippen LogP contribution >= 0.6 is 0 Å². The van der Waals surface area contributed by atoms with Gasteiger partial charge in [-0.05, 0) is 5.92 Å². The molecule has 0 atom stereocenters. The van der Waals surface area contributed by atoms with Gasteiger partial charge >= 0.3 is 11.7 Å². The average Bonchev–Trinajstić information content (AvgIpc) is 2.47. The lowest BCUT2D eigenvalue weighted by Crippen LogP contribution is -2.44. The van der Waals surface area contributed by atoms with Crippen molar-refractivity contribution in [1.82, 2.24) is 9.13 Å². The molecular formula is C14H20N4O4. The maximum Gasteiger partial charge on any atom is 0.332 e. The van der Waals surface area contributed by atoms with Crippen LogP contribution in [0.1, 0.15) is 19.4 Å². The number of hydrogen-bond acceptors (Lipinski definition) is 6. The first-order valence-corrected chi connectivity index (χ1v) is 6.76. The molecule has 0 saturated carbocycles. The number of anilines is 1. The fourth-order valence-electron chi connectivity index (χ4n) is 2.19. The van der Waals surface area contributed by atoms with E-state index in [1.165, 1.54) is 30.7 Å². The van der Waals surface area contributed by atoms with E-state index in [1.807, 2.05) is 19.9 Å². The lowest BCUT2D eigenvalue weighted by atomic mass is 10.2. The van der Waals surface area contributed by atoms with Gasteiger partial charge in [0.1, 0.15) is 18.4 Å². The predicted octanol–water partition coefficient (Wildman–Crippen LogP) is -0.409. The smallest absolute Gasteiger partial charge is 0.332 e. The summed E-state index contributed by atoms with van der Waals surface area (Å²) in [6.45, 7) is 4.10. The molecule has 0 aliphatic heterocycles. The number of carbonyl (C=O) groups is 1. The van der Waals surface area contributed by atoms with Crippen LogP contribution in [0.5, 0.6) is 0 Å². The minimum atomic E-state index is -0.681. The zero-order valence-electron chi connectivity index (χ0n) is 13.4. The third kappa shape index (κ3) is 3.36. The molecule has 0 fully saturated rings. The number of esters is 1. The number of nitrogens with zero attached hydrogens (tertiary/aromatic N) is 4. The Morgan fingerprint density at radius 1 is 1.32 bits per heavy atom. The number of aromatic nitrogens is 2. The fourth-order valence-corrected chi connectivity index (χ4v) is 2.19. The molecule has 1 aromatic heterocycles. The van der Waals surface area contributed by atoms with E-state index in [-0.39, 0.29) is 23.8 Å². The molecule has 0 bridgehead atoms. The van der Waals surface area contributed by atoms with E-state index in [9.17, 15) is 19.6 Å². The van der Waals surface area contributed by atoms with Gasteiger partial charge in [-0.25, -0.2) is 4.79 Å². The Kier molecular flexibility index (Phi) is 5.51. The highest BCUT2D eigenvalue weighted by Gasteiger charge is 2.23. The second kappa shape index (κ2) is 6.93. The molecule has 1 aromatic rings. The van der Waals surface area contributed by atoms with Crippen LogP contribution in [-0.2, 0) is 23.6 Å². The van der Waals surface area contributed by atoms with Crippen molar-refractivity contribution < 1.29 is 9.53 Å².